The Labute approximate surface area is 98.3 Å². The predicted octanol–water partition coefficient (Wildman–Crippen LogP) is 3.25. The zero-order chi connectivity index (χ0) is 12.5. The Morgan fingerprint density at radius 1 is 1.18 bits per heavy atom. The molecule has 0 aliphatic heterocycles. The predicted molar refractivity (Wildman–Crippen MR) is 58.8 cm³/mol. The molecule has 1 aromatic carbocycles. The number of carboxylic acid groups (broad SMARTS) is 1. The van der Waals surface area contributed by atoms with E-state index in [0.29, 0.717) is 12.8 Å². The summed E-state index contributed by atoms with van der Waals surface area (Å²) in [7, 11) is 0. The first-order valence-electron chi connectivity index (χ1n) is 5.75. The molecule has 1 N–H and O–H groups in total. The molecule has 0 amide bonds. The van der Waals surface area contributed by atoms with Crippen molar-refractivity contribution in [3.05, 3.63) is 35.4 Å². The van der Waals surface area contributed by atoms with Gasteiger partial charge in [-0.15, -0.1) is 0 Å². The van der Waals surface area contributed by atoms with Gasteiger partial charge >= 0.3 is 5.97 Å². The normalized spacial score (nSPS) is 18.9. The highest BCUT2D eigenvalue weighted by Crippen LogP contribution is 2.41. The zero-order valence-corrected chi connectivity index (χ0v) is 9.38. The van der Waals surface area contributed by atoms with Crippen molar-refractivity contribution < 1.29 is 18.7 Å². The van der Waals surface area contributed by atoms with Crippen molar-refractivity contribution in [2.24, 2.45) is 0 Å². The van der Waals surface area contributed by atoms with Gasteiger partial charge in [0.05, 0.1) is 5.41 Å². The molecule has 92 valence electrons. The lowest BCUT2D eigenvalue weighted by atomic mass is 9.69. The Balaban J connectivity index is 2.52. The molecule has 0 heterocycles. The molecule has 0 atom stereocenters. The van der Waals surface area contributed by atoms with Gasteiger partial charge in [0.1, 0.15) is 11.6 Å². The number of carboxylic acids is 1. The van der Waals surface area contributed by atoms with E-state index in [1.807, 2.05) is 0 Å². The summed E-state index contributed by atoms with van der Waals surface area (Å²) in [6.45, 7) is 0. The van der Waals surface area contributed by atoms with Gasteiger partial charge in [0.15, 0.2) is 0 Å². The van der Waals surface area contributed by atoms with E-state index in [1.54, 1.807) is 0 Å². The summed E-state index contributed by atoms with van der Waals surface area (Å²) >= 11 is 0. The Morgan fingerprint density at radius 3 is 2.41 bits per heavy atom. The van der Waals surface area contributed by atoms with E-state index in [-0.39, 0.29) is 5.56 Å². The average molecular weight is 240 g/mol. The van der Waals surface area contributed by atoms with E-state index in [0.717, 1.165) is 37.5 Å². The van der Waals surface area contributed by atoms with Gasteiger partial charge in [0.25, 0.3) is 0 Å². The van der Waals surface area contributed by atoms with Crippen LogP contribution in [0.2, 0.25) is 0 Å². The van der Waals surface area contributed by atoms with Crippen molar-refractivity contribution in [3.63, 3.8) is 0 Å². The van der Waals surface area contributed by atoms with Crippen LogP contribution in [0, 0.1) is 11.6 Å². The molecule has 1 aliphatic carbocycles. The topological polar surface area (TPSA) is 37.3 Å². The van der Waals surface area contributed by atoms with Crippen LogP contribution in [0.3, 0.4) is 0 Å². The highest BCUT2D eigenvalue weighted by molar-refractivity contribution is 5.81. The van der Waals surface area contributed by atoms with Crippen molar-refractivity contribution in [2.75, 3.05) is 0 Å². The van der Waals surface area contributed by atoms with Crippen molar-refractivity contribution in [3.8, 4) is 0 Å². The van der Waals surface area contributed by atoms with E-state index in [2.05, 4.69) is 0 Å². The molecule has 0 saturated heterocycles. The average Bonchev–Trinajstić information content (AvgIpc) is 2.33. The summed E-state index contributed by atoms with van der Waals surface area (Å²) in [5.74, 6) is -2.27. The van der Waals surface area contributed by atoms with Gasteiger partial charge in [-0.25, -0.2) is 8.78 Å². The van der Waals surface area contributed by atoms with E-state index < -0.39 is 23.0 Å². The van der Waals surface area contributed by atoms with E-state index in [1.165, 1.54) is 0 Å². The third kappa shape index (κ3) is 2.04. The molecular formula is C13H14F2O2. The zero-order valence-electron chi connectivity index (χ0n) is 9.38. The Bertz CT molecular complexity index is 437. The summed E-state index contributed by atoms with van der Waals surface area (Å²) in [5, 5.41) is 9.37. The number of hydrogen-bond acceptors (Lipinski definition) is 1. The monoisotopic (exact) mass is 240 g/mol. The molecule has 1 saturated carbocycles. The maximum atomic E-state index is 13.7. The summed E-state index contributed by atoms with van der Waals surface area (Å²) in [6, 6.07) is 3.04. The van der Waals surface area contributed by atoms with Crippen LogP contribution >= 0.6 is 0 Å². The van der Waals surface area contributed by atoms with Gasteiger partial charge in [-0.1, -0.05) is 19.3 Å². The molecule has 17 heavy (non-hydrogen) atoms. The highest BCUT2D eigenvalue weighted by atomic mass is 19.1. The van der Waals surface area contributed by atoms with E-state index in [4.69, 9.17) is 0 Å². The number of aliphatic carboxylic acids is 1. The number of rotatable bonds is 2. The number of halogens is 2. The van der Waals surface area contributed by atoms with Crippen molar-refractivity contribution in [1.29, 1.82) is 0 Å². The van der Waals surface area contributed by atoms with Crippen LogP contribution in [0.4, 0.5) is 8.78 Å². The fourth-order valence-electron chi connectivity index (χ4n) is 2.62. The fourth-order valence-corrected chi connectivity index (χ4v) is 2.62. The lowest BCUT2D eigenvalue weighted by Gasteiger charge is -2.33. The van der Waals surface area contributed by atoms with Crippen LogP contribution in [-0.4, -0.2) is 11.1 Å². The Morgan fingerprint density at radius 2 is 1.82 bits per heavy atom. The molecule has 0 radical (unpaired) electrons. The van der Waals surface area contributed by atoms with Gasteiger partial charge in [-0.05, 0) is 31.0 Å². The smallest absolute Gasteiger partial charge is 0.314 e. The first kappa shape index (κ1) is 12.0. The minimum Gasteiger partial charge on any atom is -0.481 e. The molecule has 2 rings (SSSR count). The lowest BCUT2D eigenvalue weighted by Crippen LogP contribution is -2.38. The van der Waals surface area contributed by atoms with Crippen LogP contribution in [0.25, 0.3) is 0 Å². The minimum absolute atomic E-state index is 0.00954. The number of carbonyl (C=O) groups is 1. The van der Waals surface area contributed by atoms with Crippen molar-refractivity contribution in [2.45, 2.75) is 37.5 Å². The third-order valence-electron chi connectivity index (χ3n) is 3.56. The molecular weight excluding hydrogens is 226 g/mol. The van der Waals surface area contributed by atoms with Crippen LogP contribution in [0.1, 0.15) is 37.7 Å². The lowest BCUT2D eigenvalue weighted by molar-refractivity contribution is -0.145. The van der Waals surface area contributed by atoms with Gasteiger partial charge < -0.3 is 5.11 Å². The highest BCUT2D eigenvalue weighted by Gasteiger charge is 2.43. The van der Waals surface area contributed by atoms with E-state index >= 15 is 0 Å². The molecule has 4 heteroatoms. The summed E-state index contributed by atoms with van der Waals surface area (Å²) in [6.07, 6.45) is 3.18. The maximum absolute atomic E-state index is 13.7. The minimum atomic E-state index is -1.25. The molecule has 0 aromatic heterocycles. The molecule has 1 fully saturated rings. The van der Waals surface area contributed by atoms with Crippen LogP contribution in [0.15, 0.2) is 18.2 Å². The standard InChI is InChI=1S/C13H14F2O2/c14-9-4-5-11(15)10(8-9)13(12(16)17)6-2-1-3-7-13/h4-5,8H,1-3,6-7H2,(H,16,17). The molecule has 0 spiro atoms. The Kier molecular flexibility index (Phi) is 3.13. The second-order valence-electron chi connectivity index (χ2n) is 4.57. The van der Waals surface area contributed by atoms with Crippen LogP contribution < -0.4 is 0 Å². The van der Waals surface area contributed by atoms with Crippen LogP contribution in [-0.2, 0) is 10.2 Å². The van der Waals surface area contributed by atoms with Crippen molar-refractivity contribution >= 4 is 5.97 Å². The second-order valence-corrected chi connectivity index (χ2v) is 4.57. The molecule has 0 unspecified atom stereocenters. The largest absolute Gasteiger partial charge is 0.481 e. The SMILES string of the molecule is O=C(O)C1(c2cc(F)ccc2F)CCCCC1. The molecule has 1 aliphatic rings. The summed E-state index contributed by atoms with van der Waals surface area (Å²) < 4.78 is 26.9. The molecule has 0 bridgehead atoms. The fraction of sp³-hybridized carbons (Fsp3) is 0.462. The van der Waals surface area contributed by atoms with Gasteiger partial charge in [-0.3, -0.25) is 4.79 Å². The first-order valence-corrected chi connectivity index (χ1v) is 5.75. The van der Waals surface area contributed by atoms with Gasteiger partial charge in [-0.2, -0.15) is 0 Å². The number of benzene rings is 1. The summed E-state index contributed by atoms with van der Waals surface area (Å²) in [5.41, 5.74) is -1.26. The van der Waals surface area contributed by atoms with Crippen LogP contribution in [0.5, 0.6) is 0 Å². The molecule has 2 nitrogen and oxygen atoms in total. The number of hydrogen-bond donors (Lipinski definition) is 1. The second kappa shape index (κ2) is 4.43. The maximum Gasteiger partial charge on any atom is 0.314 e. The Hall–Kier alpha value is -1.45. The van der Waals surface area contributed by atoms with Gasteiger partial charge in [0.2, 0.25) is 0 Å². The first-order chi connectivity index (χ1) is 8.06. The van der Waals surface area contributed by atoms with Crippen molar-refractivity contribution in [1.82, 2.24) is 0 Å². The van der Waals surface area contributed by atoms with Gasteiger partial charge in [0, 0.05) is 5.56 Å². The quantitative estimate of drug-likeness (QED) is 0.861. The van der Waals surface area contributed by atoms with E-state index in [9.17, 15) is 18.7 Å². The molecule has 1 aromatic rings. The third-order valence-corrected chi connectivity index (χ3v) is 3.56. The summed E-state index contributed by atoms with van der Waals surface area (Å²) in [4.78, 5) is 11.5.